The Balaban J connectivity index is 2.71. The van der Waals surface area contributed by atoms with E-state index in [9.17, 15) is 4.79 Å². The molecule has 22 heavy (non-hydrogen) atoms. The molecule has 1 aromatic carbocycles. The number of hydrogen-bond donors (Lipinski definition) is 3. The van der Waals surface area contributed by atoms with Crippen LogP contribution in [0.25, 0.3) is 0 Å². The highest BCUT2D eigenvalue weighted by atomic mass is 35.6. The first-order valence-corrected chi connectivity index (χ1v) is 7.91. The molecular formula is C13H16Cl3N3O2S. The molecule has 0 radical (unpaired) electrons. The molecule has 1 rings (SSSR count). The van der Waals surface area contributed by atoms with Crippen LogP contribution >= 0.6 is 47.0 Å². The molecule has 0 aliphatic heterocycles. The summed E-state index contributed by atoms with van der Waals surface area (Å²) in [6.07, 6.45) is -1.77. The van der Waals surface area contributed by atoms with E-state index in [0.29, 0.717) is 0 Å². The normalized spacial score (nSPS) is 12.2. The van der Waals surface area contributed by atoms with Gasteiger partial charge in [0.25, 0.3) is 0 Å². The molecule has 0 spiro atoms. The molecule has 1 atom stereocenters. The van der Waals surface area contributed by atoms with Gasteiger partial charge in [0.15, 0.2) is 11.3 Å². The number of hydrogen-bond acceptors (Lipinski definition) is 3. The molecular weight excluding hydrogens is 369 g/mol. The molecule has 0 aliphatic rings. The summed E-state index contributed by atoms with van der Waals surface area (Å²) in [4.78, 5) is 11.5. The molecule has 0 fully saturated rings. The molecule has 122 valence electrons. The van der Waals surface area contributed by atoms with Gasteiger partial charge < -0.3 is 15.4 Å². The van der Waals surface area contributed by atoms with Crippen LogP contribution in [0.2, 0.25) is 0 Å². The lowest BCUT2D eigenvalue weighted by Crippen LogP contribution is -2.56. The zero-order chi connectivity index (χ0) is 16.8. The molecule has 0 aromatic heterocycles. The quantitative estimate of drug-likeness (QED) is 0.419. The van der Waals surface area contributed by atoms with Gasteiger partial charge in [0.1, 0.15) is 0 Å². The van der Waals surface area contributed by atoms with E-state index in [0.717, 1.165) is 11.3 Å². The molecule has 0 bridgehead atoms. The van der Waals surface area contributed by atoms with Crippen LogP contribution in [-0.4, -0.2) is 27.8 Å². The maximum absolute atomic E-state index is 11.5. The second kappa shape index (κ2) is 8.62. The predicted octanol–water partition coefficient (Wildman–Crippen LogP) is 3.72. The lowest BCUT2D eigenvalue weighted by atomic mass is 10.2. The van der Waals surface area contributed by atoms with Crippen molar-refractivity contribution in [3.63, 3.8) is 0 Å². The van der Waals surface area contributed by atoms with Crippen molar-refractivity contribution in [1.82, 2.24) is 10.6 Å². The third-order valence-electron chi connectivity index (χ3n) is 2.53. The fourth-order valence-electron chi connectivity index (χ4n) is 1.49. The maximum atomic E-state index is 11.5. The number of carbonyl (C=O) groups is 1. The second-order valence-electron chi connectivity index (χ2n) is 4.25. The third kappa shape index (κ3) is 6.44. The van der Waals surface area contributed by atoms with E-state index in [1.165, 1.54) is 0 Å². The minimum Gasteiger partial charge on any atom is -0.450 e. The Bertz CT molecular complexity index is 538. The molecule has 5 nitrogen and oxygen atoms in total. The van der Waals surface area contributed by atoms with Gasteiger partial charge in [-0.2, -0.15) is 0 Å². The Hall–Kier alpha value is -0.950. The van der Waals surface area contributed by atoms with Crippen LogP contribution in [0, 0.1) is 6.92 Å². The van der Waals surface area contributed by atoms with Crippen molar-refractivity contribution in [1.29, 1.82) is 0 Å². The van der Waals surface area contributed by atoms with Crippen molar-refractivity contribution in [3.05, 3.63) is 29.8 Å². The van der Waals surface area contributed by atoms with Crippen LogP contribution in [0.4, 0.5) is 10.5 Å². The number of alkyl halides is 3. The van der Waals surface area contributed by atoms with Gasteiger partial charge in [-0.25, -0.2) is 4.79 Å². The Kier molecular flexibility index (Phi) is 7.48. The predicted molar refractivity (Wildman–Crippen MR) is 94.8 cm³/mol. The number of anilines is 1. The molecule has 1 aromatic rings. The molecule has 3 N–H and O–H groups in total. The summed E-state index contributed by atoms with van der Waals surface area (Å²) >= 11 is 22.7. The number of aryl methyl sites for hydroxylation is 1. The summed E-state index contributed by atoms with van der Waals surface area (Å²) in [6, 6.07) is 7.55. The molecule has 0 unspecified atom stereocenters. The molecule has 0 saturated heterocycles. The topological polar surface area (TPSA) is 62.4 Å². The first-order valence-electron chi connectivity index (χ1n) is 6.37. The van der Waals surface area contributed by atoms with E-state index in [1.807, 2.05) is 31.2 Å². The van der Waals surface area contributed by atoms with Gasteiger partial charge in [-0.1, -0.05) is 53.0 Å². The minimum absolute atomic E-state index is 0.197. The summed E-state index contributed by atoms with van der Waals surface area (Å²) in [5, 5.41) is 8.30. The van der Waals surface area contributed by atoms with E-state index < -0.39 is 16.1 Å². The van der Waals surface area contributed by atoms with Crippen LogP contribution in [-0.2, 0) is 4.74 Å². The van der Waals surface area contributed by atoms with Crippen molar-refractivity contribution < 1.29 is 9.53 Å². The molecule has 0 heterocycles. The standard InChI is InChI=1S/C13H16Cl3N3O2S/c1-3-21-12(20)19-10(13(14,15)16)18-11(22)17-9-7-5-4-6-8(9)2/h4-7,10H,3H2,1-2H3,(H,19,20)(H2,17,18,22)/t10-/m0/s1. The molecule has 0 saturated carbocycles. The number of rotatable bonds is 4. The van der Waals surface area contributed by atoms with Crippen LogP contribution in [0.5, 0.6) is 0 Å². The maximum Gasteiger partial charge on any atom is 0.408 e. The Morgan fingerprint density at radius 1 is 1.32 bits per heavy atom. The van der Waals surface area contributed by atoms with Crippen molar-refractivity contribution in [2.45, 2.75) is 23.8 Å². The van der Waals surface area contributed by atoms with E-state index in [4.69, 9.17) is 51.8 Å². The van der Waals surface area contributed by atoms with E-state index in [2.05, 4.69) is 16.0 Å². The van der Waals surface area contributed by atoms with Gasteiger partial charge in [0.2, 0.25) is 3.79 Å². The average Bonchev–Trinajstić information content (AvgIpc) is 2.40. The van der Waals surface area contributed by atoms with Crippen molar-refractivity contribution in [3.8, 4) is 0 Å². The Morgan fingerprint density at radius 3 is 2.50 bits per heavy atom. The Labute approximate surface area is 149 Å². The average molecular weight is 385 g/mol. The first-order chi connectivity index (χ1) is 10.2. The summed E-state index contributed by atoms with van der Waals surface area (Å²) in [7, 11) is 0. The van der Waals surface area contributed by atoms with Gasteiger partial charge >= 0.3 is 6.09 Å². The van der Waals surface area contributed by atoms with Crippen LogP contribution in [0.1, 0.15) is 12.5 Å². The summed E-state index contributed by atoms with van der Waals surface area (Å²) < 4.78 is 2.94. The van der Waals surface area contributed by atoms with Crippen LogP contribution < -0.4 is 16.0 Å². The van der Waals surface area contributed by atoms with Gasteiger partial charge in [-0.3, -0.25) is 5.32 Å². The number of alkyl carbamates (subject to hydrolysis) is 1. The van der Waals surface area contributed by atoms with Gasteiger partial charge in [0.05, 0.1) is 6.61 Å². The highest BCUT2D eigenvalue weighted by molar-refractivity contribution is 7.80. The number of ether oxygens (including phenoxy) is 1. The van der Waals surface area contributed by atoms with E-state index in [-0.39, 0.29) is 11.7 Å². The van der Waals surface area contributed by atoms with Gasteiger partial charge in [-0.15, -0.1) is 0 Å². The number of amides is 1. The minimum atomic E-state index is -1.82. The highest BCUT2D eigenvalue weighted by Crippen LogP contribution is 2.29. The zero-order valence-corrected chi connectivity index (χ0v) is 15.0. The molecule has 1 amide bonds. The number of benzene rings is 1. The number of carbonyl (C=O) groups excluding carboxylic acids is 1. The smallest absolute Gasteiger partial charge is 0.408 e. The van der Waals surface area contributed by atoms with Crippen LogP contribution in [0.3, 0.4) is 0 Å². The zero-order valence-electron chi connectivity index (χ0n) is 12.0. The van der Waals surface area contributed by atoms with Crippen LogP contribution in [0.15, 0.2) is 24.3 Å². The summed E-state index contributed by atoms with van der Waals surface area (Å²) in [5.74, 6) is 0. The number of halogens is 3. The molecule has 0 aliphatic carbocycles. The Morgan fingerprint density at radius 2 is 1.95 bits per heavy atom. The number of para-hydroxylation sites is 1. The summed E-state index contributed by atoms with van der Waals surface area (Å²) in [5.41, 5.74) is 1.80. The fraction of sp³-hybridized carbons (Fsp3) is 0.385. The van der Waals surface area contributed by atoms with Gasteiger partial charge in [-0.05, 0) is 37.7 Å². The van der Waals surface area contributed by atoms with Crippen molar-refractivity contribution >= 4 is 63.9 Å². The number of nitrogens with one attached hydrogen (secondary N) is 3. The number of thiocarbonyl (C=S) groups is 1. The van der Waals surface area contributed by atoms with Gasteiger partial charge in [0, 0.05) is 5.69 Å². The lowest BCUT2D eigenvalue weighted by molar-refractivity contribution is 0.147. The highest BCUT2D eigenvalue weighted by Gasteiger charge is 2.35. The SMILES string of the molecule is CCOC(=O)N[C@H](NC(=S)Nc1ccccc1C)C(Cl)(Cl)Cl. The first kappa shape index (κ1) is 19.1. The fourth-order valence-corrected chi connectivity index (χ4v) is 2.05. The van der Waals surface area contributed by atoms with E-state index >= 15 is 0 Å². The lowest BCUT2D eigenvalue weighted by Gasteiger charge is -2.27. The van der Waals surface area contributed by atoms with Crippen molar-refractivity contribution in [2.24, 2.45) is 0 Å². The largest absolute Gasteiger partial charge is 0.450 e. The second-order valence-corrected chi connectivity index (χ2v) is 7.03. The monoisotopic (exact) mass is 383 g/mol. The van der Waals surface area contributed by atoms with E-state index in [1.54, 1.807) is 6.92 Å². The molecule has 9 heteroatoms. The third-order valence-corrected chi connectivity index (χ3v) is 3.41. The van der Waals surface area contributed by atoms with Crippen molar-refractivity contribution in [2.75, 3.05) is 11.9 Å². The summed E-state index contributed by atoms with van der Waals surface area (Å²) in [6.45, 7) is 3.79.